The fraction of sp³-hybridized carbons (Fsp3) is 0.0417. The van der Waals surface area contributed by atoms with Gasteiger partial charge in [0, 0.05) is 38.3 Å². The van der Waals surface area contributed by atoms with Crippen molar-refractivity contribution in [1.82, 2.24) is 15.0 Å². The molecule has 0 fully saturated rings. The van der Waals surface area contributed by atoms with E-state index in [4.69, 9.17) is 4.98 Å². The first-order valence-electron chi connectivity index (χ1n) is 9.31. The number of aromatic amines is 2. The Labute approximate surface area is 170 Å². The fourth-order valence-corrected chi connectivity index (χ4v) is 4.57. The van der Waals surface area contributed by atoms with E-state index >= 15 is 0 Å². The molecule has 0 aliphatic heterocycles. The van der Waals surface area contributed by atoms with Gasteiger partial charge in [-0.1, -0.05) is 64.5 Å². The van der Waals surface area contributed by atoms with Gasteiger partial charge >= 0.3 is 0 Å². The minimum Gasteiger partial charge on any atom is -0.360 e. The number of nitrogens with zero attached hydrogens (tertiary/aromatic N) is 1. The molecule has 5 aromatic rings. The number of benzene rings is 3. The maximum absolute atomic E-state index is 5.08. The third-order valence-electron chi connectivity index (χ3n) is 5.54. The second-order valence-corrected chi connectivity index (χ2v) is 8.11. The predicted octanol–water partition coefficient (Wildman–Crippen LogP) is 6.56. The van der Waals surface area contributed by atoms with Crippen LogP contribution in [0.3, 0.4) is 0 Å². The molecule has 1 aliphatic rings. The van der Waals surface area contributed by atoms with E-state index in [9.17, 15) is 0 Å². The van der Waals surface area contributed by atoms with Gasteiger partial charge in [0.2, 0.25) is 0 Å². The summed E-state index contributed by atoms with van der Waals surface area (Å²) < 4.78 is 1.06. The van der Waals surface area contributed by atoms with Gasteiger partial charge in [0.15, 0.2) is 0 Å². The number of hydrogen-bond acceptors (Lipinski definition) is 1. The van der Waals surface area contributed by atoms with Crippen molar-refractivity contribution < 1.29 is 0 Å². The number of H-pyrrole nitrogens is 2. The molecule has 0 bridgehead atoms. The van der Waals surface area contributed by atoms with Crippen molar-refractivity contribution in [1.29, 1.82) is 0 Å². The van der Waals surface area contributed by atoms with Crippen LogP contribution in [0.1, 0.15) is 11.1 Å². The molecule has 0 amide bonds. The van der Waals surface area contributed by atoms with E-state index < -0.39 is 0 Å². The molecular weight excluding hydrogens is 410 g/mol. The summed E-state index contributed by atoms with van der Waals surface area (Å²) in [6, 6.07) is 23.5. The van der Waals surface area contributed by atoms with Gasteiger partial charge in [-0.15, -0.1) is 0 Å². The number of imidazole rings is 1. The van der Waals surface area contributed by atoms with Crippen LogP contribution < -0.4 is 0 Å². The minimum atomic E-state index is 0.890. The first-order chi connectivity index (χ1) is 13.8. The van der Waals surface area contributed by atoms with Crippen molar-refractivity contribution in [2.24, 2.45) is 0 Å². The highest BCUT2D eigenvalue weighted by molar-refractivity contribution is 9.10. The van der Waals surface area contributed by atoms with Crippen molar-refractivity contribution in [3.63, 3.8) is 0 Å². The maximum Gasteiger partial charge on any atom is 0.140 e. The summed E-state index contributed by atoms with van der Waals surface area (Å²) in [7, 11) is 0. The standard InChI is InChI=1S/C24H16BrN3/c25-16-9-10-21-19(12-16)20(13-26-21)24-27-22-17-7-3-1-5-14(17)11-15-6-2-4-8-18(15)23(22)28-24/h1-10,12-13,26H,11H2,(H,27,28). The number of aromatic nitrogens is 3. The van der Waals surface area contributed by atoms with Gasteiger partial charge in [-0.05, 0) is 35.7 Å². The molecule has 2 N–H and O–H groups in total. The molecule has 0 spiro atoms. The van der Waals surface area contributed by atoms with Gasteiger partial charge in [0.05, 0.1) is 11.4 Å². The van der Waals surface area contributed by atoms with Crippen molar-refractivity contribution in [2.75, 3.05) is 0 Å². The summed E-state index contributed by atoms with van der Waals surface area (Å²) in [4.78, 5) is 12.1. The second-order valence-electron chi connectivity index (χ2n) is 7.19. The Kier molecular flexibility index (Phi) is 3.38. The second kappa shape index (κ2) is 5.94. The van der Waals surface area contributed by atoms with Crippen LogP contribution in [0.25, 0.3) is 44.8 Å². The summed E-state index contributed by atoms with van der Waals surface area (Å²) in [5, 5.41) is 1.15. The monoisotopic (exact) mass is 425 g/mol. The van der Waals surface area contributed by atoms with Crippen molar-refractivity contribution in [2.45, 2.75) is 6.42 Å². The van der Waals surface area contributed by atoms with E-state index in [0.717, 1.165) is 44.6 Å². The molecule has 2 heterocycles. The lowest BCUT2D eigenvalue weighted by atomic mass is 10.00. The quantitative estimate of drug-likeness (QED) is 0.307. The van der Waals surface area contributed by atoms with E-state index in [1.165, 1.54) is 22.3 Å². The average molecular weight is 426 g/mol. The highest BCUT2D eigenvalue weighted by Gasteiger charge is 2.23. The normalized spacial score (nSPS) is 12.3. The van der Waals surface area contributed by atoms with Crippen LogP contribution in [0.5, 0.6) is 0 Å². The number of nitrogens with one attached hydrogen (secondary N) is 2. The molecule has 3 nitrogen and oxygen atoms in total. The Hall–Kier alpha value is -3.11. The first kappa shape index (κ1) is 15.9. The lowest BCUT2D eigenvalue weighted by molar-refractivity contribution is 1.20. The van der Waals surface area contributed by atoms with Crippen molar-refractivity contribution in [3.05, 3.63) is 88.5 Å². The highest BCUT2D eigenvalue weighted by atomic mass is 79.9. The molecule has 6 rings (SSSR count). The Balaban J connectivity index is 1.65. The van der Waals surface area contributed by atoms with Crippen molar-refractivity contribution >= 4 is 26.8 Å². The zero-order valence-corrected chi connectivity index (χ0v) is 16.5. The van der Waals surface area contributed by atoms with Crippen LogP contribution >= 0.6 is 15.9 Å². The smallest absolute Gasteiger partial charge is 0.140 e. The number of hydrogen-bond donors (Lipinski definition) is 2. The van der Waals surface area contributed by atoms with E-state index in [1.54, 1.807) is 0 Å². The number of rotatable bonds is 1. The van der Waals surface area contributed by atoms with Gasteiger partial charge in [-0.2, -0.15) is 0 Å². The van der Waals surface area contributed by atoms with Crippen LogP contribution in [0, 0.1) is 0 Å². The summed E-state index contributed by atoms with van der Waals surface area (Å²) in [6.07, 6.45) is 2.96. The van der Waals surface area contributed by atoms with Gasteiger partial charge in [0.25, 0.3) is 0 Å². The molecule has 4 heteroatoms. The molecule has 0 saturated heterocycles. The highest BCUT2D eigenvalue weighted by Crippen LogP contribution is 2.41. The Bertz CT molecular complexity index is 1300. The lowest BCUT2D eigenvalue weighted by Crippen LogP contribution is -1.91. The van der Waals surface area contributed by atoms with E-state index in [2.05, 4.69) is 86.6 Å². The van der Waals surface area contributed by atoms with Crippen LogP contribution in [0.2, 0.25) is 0 Å². The zero-order valence-electron chi connectivity index (χ0n) is 15.0. The average Bonchev–Trinajstić information content (AvgIpc) is 3.30. The molecule has 3 aromatic carbocycles. The third kappa shape index (κ3) is 2.31. The van der Waals surface area contributed by atoms with Gasteiger partial charge in [-0.3, -0.25) is 0 Å². The summed E-state index contributed by atoms with van der Waals surface area (Å²) >= 11 is 3.59. The number of fused-ring (bicyclic) bond motifs is 6. The maximum atomic E-state index is 5.08. The molecule has 0 atom stereocenters. The van der Waals surface area contributed by atoms with Crippen LogP contribution in [0.4, 0.5) is 0 Å². The minimum absolute atomic E-state index is 0.890. The summed E-state index contributed by atoms with van der Waals surface area (Å²) in [5.74, 6) is 0.890. The molecular formula is C24H16BrN3. The Morgan fingerprint density at radius 2 is 1.57 bits per heavy atom. The van der Waals surface area contributed by atoms with Crippen molar-refractivity contribution in [3.8, 4) is 33.9 Å². The molecule has 0 saturated carbocycles. The van der Waals surface area contributed by atoms with E-state index in [-0.39, 0.29) is 0 Å². The largest absolute Gasteiger partial charge is 0.360 e. The molecule has 28 heavy (non-hydrogen) atoms. The predicted molar refractivity (Wildman–Crippen MR) is 117 cm³/mol. The molecule has 2 aromatic heterocycles. The topological polar surface area (TPSA) is 44.5 Å². The number of halogens is 1. The summed E-state index contributed by atoms with van der Waals surface area (Å²) in [6.45, 7) is 0. The van der Waals surface area contributed by atoms with Gasteiger partial charge in [-0.25, -0.2) is 4.98 Å². The molecule has 0 radical (unpaired) electrons. The molecule has 134 valence electrons. The fourth-order valence-electron chi connectivity index (χ4n) is 4.21. The van der Waals surface area contributed by atoms with Crippen LogP contribution in [-0.2, 0) is 6.42 Å². The first-order valence-corrected chi connectivity index (χ1v) is 10.1. The Morgan fingerprint density at radius 1 is 0.821 bits per heavy atom. The van der Waals surface area contributed by atoms with E-state index in [0.29, 0.717) is 0 Å². The van der Waals surface area contributed by atoms with E-state index in [1.807, 2.05) is 12.3 Å². The molecule has 0 unspecified atom stereocenters. The summed E-state index contributed by atoms with van der Waals surface area (Å²) in [5.41, 5.74) is 9.38. The molecule has 1 aliphatic carbocycles. The van der Waals surface area contributed by atoms with Gasteiger partial charge < -0.3 is 9.97 Å². The SMILES string of the molecule is Brc1ccc2[nH]cc(-c3nc4c([nH]3)-c3ccccc3Cc3ccccc3-4)c2c1. The Morgan fingerprint density at radius 3 is 2.43 bits per heavy atom. The van der Waals surface area contributed by atoms with Crippen LogP contribution in [0.15, 0.2) is 77.4 Å². The lowest BCUT2D eigenvalue weighted by Gasteiger charge is -2.06. The van der Waals surface area contributed by atoms with Crippen LogP contribution in [-0.4, -0.2) is 15.0 Å². The van der Waals surface area contributed by atoms with Gasteiger partial charge in [0.1, 0.15) is 5.82 Å². The third-order valence-corrected chi connectivity index (χ3v) is 6.04. The zero-order chi connectivity index (χ0) is 18.7.